The van der Waals surface area contributed by atoms with E-state index in [0.717, 1.165) is 10.7 Å². The number of fused-ring (bicyclic) bond motifs is 1. The molecule has 0 N–H and O–H groups in total. The summed E-state index contributed by atoms with van der Waals surface area (Å²) in [5.74, 6) is 0.911. The van der Waals surface area contributed by atoms with Gasteiger partial charge in [0.2, 0.25) is 0 Å². The van der Waals surface area contributed by atoms with Crippen molar-refractivity contribution in [3.63, 3.8) is 0 Å². The molecule has 0 radical (unpaired) electrons. The minimum Gasteiger partial charge on any atom is -0.494 e. The molecule has 3 nitrogen and oxygen atoms in total. The molecule has 1 aromatic carbocycles. The van der Waals surface area contributed by atoms with Crippen LogP contribution in [0.2, 0.25) is 0 Å². The Hall–Kier alpha value is -1.81. The molecule has 0 fully saturated rings. The van der Waals surface area contributed by atoms with Crippen LogP contribution in [0.4, 0.5) is 0 Å². The molecule has 2 heterocycles. The van der Waals surface area contributed by atoms with E-state index in [0.29, 0.717) is 6.61 Å². The molecule has 17 heavy (non-hydrogen) atoms. The Morgan fingerprint density at radius 2 is 2.12 bits per heavy atom. The van der Waals surface area contributed by atoms with Gasteiger partial charge in [-0.1, -0.05) is 0 Å². The van der Waals surface area contributed by atoms with E-state index in [1.54, 1.807) is 11.3 Å². The molecule has 0 spiro atoms. The molecular weight excluding hydrogens is 232 g/mol. The summed E-state index contributed by atoms with van der Waals surface area (Å²) < 4.78 is 7.53. The molecule has 86 valence electrons. The van der Waals surface area contributed by atoms with Crippen molar-refractivity contribution in [2.24, 2.45) is 0 Å². The number of aromatic nitrogens is 2. The van der Waals surface area contributed by atoms with Gasteiger partial charge in [0.05, 0.1) is 12.3 Å². The maximum Gasteiger partial charge on any atom is 0.194 e. The van der Waals surface area contributed by atoms with Crippen molar-refractivity contribution in [1.82, 2.24) is 9.38 Å². The van der Waals surface area contributed by atoms with Crippen molar-refractivity contribution in [1.29, 1.82) is 0 Å². The Labute approximate surface area is 103 Å². The predicted molar refractivity (Wildman–Crippen MR) is 69.7 cm³/mol. The molecule has 0 bridgehead atoms. The number of hydrogen-bond donors (Lipinski definition) is 0. The quantitative estimate of drug-likeness (QED) is 0.705. The highest BCUT2D eigenvalue weighted by Crippen LogP contribution is 2.26. The van der Waals surface area contributed by atoms with Gasteiger partial charge in [-0.25, -0.2) is 4.98 Å². The van der Waals surface area contributed by atoms with E-state index in [1.807, 2.05) is 31.5 Å². The topological polar surface area (TPSA) is 26.5 Å². The van der Waals surface area contributed by atoms with Gasteiger partial charge >= 0.3 is 0 Å². The van der Waals surface area contributed by atoms with Gasteiger partial charge in [0, 0.05) is 17.8 Å². The summed E-state index contributed by atoms with van der Waals surface area (Å²) in [6.45, 7) is 2.69. The molecule has 3 aromatic rings. The van der Waals surface area contributed by atoms with Crippen LogP contribution >= 0.6 is 11.3 Å². The van der Waals surface area contributed by atoms with E-state index in [-0.39, 0.29) is 0 Å². The predicted octanol–water partition coefficient (Wildman–Crippen LogP) is 3.46. The minimum atomic E-state index is 0.698. The van der Waals surface area contributed by atoms with Crippen LogP contribution in [0.3, 0.4) is 0 Å². The third-order valence-corrected chi connectivity index (χ3v) is 3.46. The smallest absolute Gasteiger partial charge is 0.194 e. The van der Waals surface area contributed by atoms with E-state index in [9.17, 15) is 0 Å². The zero-order chi connectivity index (χ0) is 11.7. The molecule has 2 aromatic heterocycles. The average molecular weight is 244 g/mol. The Kier molecular flexibility index (Phi) is 2.57. The first-order valence-electron chi connectivity index (χ1n) is 5.52. The van der Waals surface area contributed by atoms with Gasteiger partial charge in [-0.05, 0) is 36.8 Å². The lowest BCUT2D eigenvalue weighted by molar-refractivity contribution is 0.340. The SMILES string of the molecule is CCOc1ccc(-c2csc3nccn23)cc1. The maximum atomic E-state index is 5.43. The highest BCUT2D eigenvalue weighted by molar-refractivity contribution is 7.15. The Morgan fingerprint density at radius 3 is 2.88 bits per heavy atom. The molecule has 0 aliphatic heterocycles. The van der Waals surface area contributed by atoms with E-state index in [4.69, 9.17) is 4.74 Å². The highest BCUT2D eigenvalue weighted by atomic mass is 32.1. The Balaban J connectivity index is 2.01. The largest absolute Gasteiger partial charge is 0.494 e. The molecule has 0 unspecified atom stereocenters. The van der Waals surface area contributed by atoms with Crippen molar-refractivity contribution < 1.29 is 4.74 Å². The number of nitrogens with zero attached hydrogens (tertiary/aromatic N) is 2. The maximum absolute atomic E-state index is 5.43. The second-order valence-electron chi connectivity index (χ2n) is 3.66. The van der Waals surface area contributed by atoms with Crippen LogP contribution in [0.1, 0.15) is 6.92 Å². The van der Waals surface area contributed by atoms with Crippen LogP contribution in [0.5, 0.6) is 5.75 Å². The van der Waals surface area contributed by atoms with E-state index in [2.05, 4.69) is 26.9 Å². The van der Waals surface area contributed by atoms with Gasteiger partial charge in [-0.15, -0.1) is 11.3 Å². The molecular formula is C13H12N2OS. The Bertz CT molecular complexity index is 624. The lowest BCUT2D eigenvalue weighted by atomic mass is 10.2. The average Bonchev–Trinajstić information content (AvgIpc) is 2.93. The van der Waals surface area contributed by atoms with E-state index in [1.165, 1.54) is 11.3 Å². The fourth-order valence-corrected chi connectivity index (χ4v) is 2.68. The summed E-state index contributed by atoms with van der Waals surface area (Å²) >= 11 is 1.65. The summed E-state index contributed by atoms with van der Waals surface area (Å²) in [5.41, 5.74) is 2.35. The monoisotopic (exact) mass is 244 g/mol. The van der Waals surface area contributed by atoms with Crippen LogP contribution < -0.4 is 4.74 Å². The third kappa shape index (κ3) is 1.80. The lowest BCUT2D eigenvalue weighted by Gasteiger charge is -2.04. The van der Waals surface area contributed by atoms with Crippen molar-refractivity contribution in [2.75, 3.05) is 6.61 Å². The minimum absolute atomic E-state index is 0.698. The van der Waals surface area contributed by atoms with Crippen LogP contribution in [-0.4, -0.2) is 16.0 Å². The zero-order valence-corrected chi connectivity index (χ0v) is 10.3. The standard InChI is InChI=1S/C13H12N2OS/c1-2-16-11-5-3-10(4-6-11)12-9-17-13-14-7-8-15(12)13/h3-9H,2H2,1H3. The summed E-state index contributed by atoms with van der Waals surface area (Å²) in [4.78, 5) is 5.29. The third-order valence-electron chi connectivity index (χ3n) is 2.60. The summed E-state index contributed by atoms with van der Waals surface area (Å²) in [6, 6.07) is 8.15. The van der Waals surface area contributed by atoms with Crippen LogP contribution in [-0.2, 0) is 0 Å². The van der Waals surface area contributed by atoms with E-state index >= 15 is 0 Å². The first kappa shape index (κ1) is 10.4. The van der Waals surface area contributed by atoms with Crippen LogP contribution in [0.25, 0.3) is 16.2 Å². The van der Waals surface area contributed by atoms with Gasteiger partial charge in [0.25, 0.3) is 0 Å². The molecule has 4 heteroatoms. The zero-order valence-electron chi connectivity index (χ0n) is 9.46. The second kappa shape index (κ2) is 4.22. The first-order valence-corrected chi connectivity index (χ1v) is 6.40. The number of ether oxygens (including phenoxy) is 1. The summed E-state index contributed by atoms with van der Waals surface area (Å²) in [7, 11) is 0. The number of benzene rings is 1. The van der Waals surface area contributed by atoms with E-state index < -0.39 is 0 Å². The Morgan fingerprint density at radius 1 is 1.29 bits per heavy atom. The summed E-state index contributed by atoms with van der Waals surface area (Å²) in [6.07, 6.45) is 3.81. The first-order chi connectivity index (χ1) is 8.38. The highest BCUT2D eigenvalue weighted by Gasteiger charge is 2.06. The van der Waals surface area contributed by atoms with Crippen LogP contribution in [0.15, 0.2) is 42.0 Å². The normalized spacial score (nSPS) is 10.9. The molecule has 0 saturated heterocycles. The fourth-order valence-electron chi connectivity index (χ4n) is 1.82. The van der Waals surface area contributed by atoms with Gasteiger partial charge in [0.1, 0.15) is 5.75 Å². The molecule has 0 atom stereocenters. The lowest BCUT2D eigenvalue weighted by Crippen LogP contribution is -1.91. The number of imidazole rings is 1. The molecule has 0 aliphatic rings. The van der Waals surface area contributed by atoms with Gasteiger partial charge in [-0.2, -0.15) is 0 Å². The second-order valence-corrected chi connectivity index (χ2v) is 4.49. The molecule has 0 amide bonds. The number of thiazole rings is 1. The van der Waals surface area contributed by atoms with Gasteiger partial charge in [0.15, 0.2) is 4.96 Å². The van der Waals surface area contributed by atoms with Crippen molar-refractivity contribution in [3.8, 4) is 17.0 Å². The van der Waals surface area contributed by atoms with Crippen molar-refractivity contribution >= 4 is 16.3 Å². The number of hydrogen-bond acceptors (Lipinski definition) is 3. The van der Waals surface area contributed by atoms with Crippen molar-refractivity contribution in [2.45, 2.75) is 6.92 Å². The molecule has 0 aliphatic carbocycles. The summed E-state index contributed by atoms with van der Waals surface area (Å²) in [5, 5.41) is 2.12. The molecule has 3 rings (SSSR count). The van der Waals surface area contributed by atoms with Gasteiger partial charge < -0.3 is 4.74 Å². The van der Waals surface area contributed by atoms with Crippen molar-refractivity contribution in [3.05, 3.63) is 42.0 Å². The van der Waals surface area contributed by atoms with Crippen LogP contribution in [0, 0.1) is 0 Å². The fraction of sp³-hybridized carbons (Fsp3) is 0.154. The molecule has 0 saturated carbocycles. The number of rotatable bonds is 3. The van der Waals surface area contributed by atoms with Gasteiger partial charge in [-0.3, -0.25) is 4.40 Å².